The first-order valence-electron chi connectivity index (χ1n) is 8.92. The summed E-state index contributed by atoms with van der Waals surface area (Å²) in [5, 5.41) is 11.9. The van der Waals surface area contributed by atoms with E-state index in [1.807, 2.05) is 18.2 Å². The average Bonchev–Trinajstić information content (AvgIpc) is 2.68. The van der Waals surface area contributed by atoms with Crippen molar-refractivity contribution in [3.8, 4) is 11.4 Å². The molecule has 0 bridgehead atoms. The van der Waals surface area contributed by atoms with Gasteiger partial charge >= 0.3 is 0 Å². The number of hydrogen-bond acceptors (Lipinski definition) is 5. The molecule has 0 saturated carbocycles. The number of nitro benzene ring substituents is 1. The van der Waals surface area contributed by atoms with Crippen LogP contribution in [0.3, 0.4) is 0 Å². The van der Waals surface area contributed by atoms with Crippen LogP contribution in [0.4, 0.5) is 11.5 Å². The SMILES string of the molecule is CC1CCCCN1c1nc(-c2ccc([N+](=O)[O-])cc2)nc2ccccc12. The number of non-ortho nitro benzene ring substituents is 1. The zero-order valence-electron chi connectivity index (χ0n) is 14.6. The molecular formula is C20H20N4O2. The number of piperidine rings is 1. The number of hydrogen-bond donors (Lipinski definition) is 0. The summed E-state index contributed by atoms with van der Waals surface area (Å²) in [5.41, 5.74) is 1.75. The Labute approximate surface area is 151 Å². The molecule has 0 N–H and O–H groups in total. The molecule has 1 fully saturated rings. The fourth-order valence-corrected chi connectivity index (χ4v) is 3.55. The summed E-state index contributed by atoms with van der Waals surface area (Å²) in [6, 6.07) is 14.9. The van der Waals surface area contributed by atoms with E-state index in [0.29, 0.717) is 11.9 Å². The smallest absolute Gasteiger partial charge is 0.269 e. The van der Waals surface area contributed by atoms with Crippen molar-refractivity contribution < 1.29 is 4.92 Å². The molecule has 6 nitrogen and oxygen atoms in total. The zero-order valence-corrected chi connectivity index (χ0v) is 14.6. The Morgan fingerprint density at radius 2 is 1.85 bits per heavy atom. The molecule has 1 aromatic heterocycles. The maximum atomic E-state index is 10.9. The normalized spacial score (nSPS) is 17.4. The van der Waals surface area contributed by atoms with E-state index in [-0.39, 0.29) is 5.69 Å². The highest BCUT2D eigenvalue weighted by molar-refractivity contribution is 5.91. The van der Waals surface area contributed by atoms with E-state index < -0.39 is 4.92 Å². The summed E-state index contributed by atoms with van der Waals surface area (Å²) in [4.78, 5) is 22.4. The molecule has 1 saturated heterocycles. The Hall–Kier alpha value is -3.02. The van der Waals surface area contributed by atoms with Gasteiger partial charge in [0.25, 0.3) is 5.69 Å². The van der Waals surface area contributed by atoms with Crippen LogP contribution in [0.1, 0.15) is 26.2 Å². The summed E-state index contributed by atoms with van der Waals surface area (Å²) in [6.45, 7) is 3.23. The minimum atomic E-state index is -0.397. The van der Waals surface area contributed by atoms with E-state index >= 15 is 0 Å². The van der Waals surface area contributed by atoms with Gasteiger partial charge in [-0.15, -0.1) is 0 Å². The van der Waals surface area contributed by atoms with Crippen molar-refractivity contribution in [2.24, 2.45) is 0 Å². The van der Waals surface area contributed by atoms with E-state index in [0.717, 1.165) is 41.7 Å². The highest BCUT2D eigenvalue weighted by Crippen LogP contribution is 2.31. The number of benzene rings is 2. The second-order valence-electron chi connectivity index (χ2n) is 6.73. The molecule has 132 valence electrons. The lowest BCUT2D eigenvalue weighted by atomic mass is 10.0. The zero-order chi connectivity index (χ0) is 18.1. The van der Waals surface area contributed by atoms with Crippen molar-refractivity contribution in [2.75, 3.05) is 11.4 Å². The number of rotatable bonds is 3. The third-order valence-corrected chi connectivity index (χ3v) is 4.99. The maximum Gasteiger partial charge on any atom is 0.269 e. The number of anilines is 1. The van der Waals surface area contributed by atoms with Gasteiger partial charge in [-0.2, -0.15) is 0 Å². The van der Waals surface area contributed by atoms with Crippen LogP contribution in [0, 0.1) is 10.1 Å². The second kappa shape index (κ2) is 6.71. The number of nitrogens with zero attached hydrogens (tertiary/aromatic N) is 4. The van der Waals surface area contributed by atoms with Crippen molar-refractivity contribution in [1.82, 2.24) is 9.97 Å². The quantitative estimate of drug-likeness (QED) is 0.511. The molecule has 2 aromatic carbocycles. The molecule has 0 amide bonds. The summed E-state index contributed by atoms with van der Waals surface area (Å²) >= 11 is 0. The van der Waals surface area contributed by atoms with E-state index in [9.17, 15) is 10.1 Å². The molecule has 1 unspecified atom stereocenters. The average molecular weight is 348 g/mol. The third kappa shape index (κ3) is 2.98. The van der Waals surface area contributed by atoms with Crippen LogP contribution in [-0.2, 0) is 0 Å². The van der Waals surface area contributed by atoms with Gasteiger partial charge in [0.05, 0.1) is 10.4 Å². The Kier molecular flexibility index (Phi) is 4.24. The number of para-hydroxylation sites is 1. The second-order valence-corrected chi connectivity index (χ2v) is 6.73. The summed E-state index contributed by atoms with van der Waals surface area (Å²) < 4.78 is 0. The van der Waals surface area contributed by atoms with Gasteiger partial charge < -0.3 is 4.90 Å². The predicted octanol–water partition coefficient (Wildman–Crippen LogP) is 4.58. The highest BCUT2D eigenvalue weighted by Gasteiger charge is 2.23. The molecule has 2 heterocycles. The Balaban J connectivity index is 1.84. The van der Waals surface area contributed by atoms with E-state index in [4.69, 9.17) is 9.97 Å². The van der Waals surface area contributed by atoms with Gasteiger partial charge in [-0.3, -0.25) is 10.1 Å². The number of aromatic nitrogens is 2. The molecule has 0 radical (unpaired) electrons. The Morgan fingerprint density at radius 1 is 1.08 bits per heavy atom. The van der Waals surface area contributed by atoms with Crippen LogP contribution in [0.25, 0.3) is 22.3 Å². The van der Waals surface area contributed by atoms with Crippen LogP contribution >= 0.6 is 0 Å². The fourth-order valence-electron chi connectivity index (χ4n) is 3.55. The van der Waals surface area contributed by atoms with Gasteiger partial charge in [0.1, 0.15) is 5.82 Å². The lowest BCUT2D eigenvalue weighted by molar-refractivity contribution is -0.384. The van der Waals surface area contributed by atoms with Gasteiger partial charge in [0.2, 0.25) is 0 Å². The van der Waals surface area contributed by atoms with Crippen LogP contribution in [-0.4, -0.2) is 27.5 Å². The molecule has 6 heteroatoms. The molecule has 4 rings (SSSR count). The molecule has 1 atom stereocenters. The van der Waals surface area contributed by atoms with E-state index in [1.165, 1.54) is 18.6 Å². The van der Waals surface area contributed by atoms with E-state index in [2.05, 4.69) is 17.9 Å². The minimum absolute atomic E-state index is 0.0689. The van der Waals surface area contributed by atoms with E-state index in [1.54, 1.807) is 12.1 Å². The molecule has 0 spiro atoms. The predicted molar refractivity (Wildman–Crippen MR) is 102 cm³/mol. The largest absolute Gasteiger partial charge is 0.353 e. The van der Waals surface area contributed by atoms with Crippen molar-refractivity contribution >= 4 is 22.4 Å². The Morgan fingerprint density at radius 3 is 2.58 bits per heavy atom. The molecule has 1 aliphatic heterocycles. The first-order chi connectivity index (χ1) is 12.6. The van der Waals surface area contributed by atoms with Crippen LogP contribution < -0.4 is 4.90 Å². The van der Waals surface area contributed by atoms with Gasteiger partial charge in [-0.1, -0.05) is 12.1 Å². The monoisotopic (exact) mass is 348 g/mol. The molecule has 0 aliphatic carbocycles. The standard InChI is InChI=1S/C20H20N4O2/c1-14-6-4-5-13-23(14)20-17-7-2-3-8-18(17)21-19(22-20)15-9-11-16(12-10-15)24(25)26/h2-3,7-12,14H,4-6,13H2,1H3. The first kappa shape index (κ1) is 16.4. The van der Waals surface area contributed by atoms with Gasteiger partial charge in [-0.05, 0) is 50.5 Å². The van der Waals surface area contributed by atoms with Gasteiger partial charge in [0, 0.05) is 35.7 Å². The van der Waals surface area contributed by atoms with Crippen LogP contribution in [0.15, 0.2) is 48.5 Å². The fraction of sp³-hybridized carbons (Fsp3) is 0.300. The topological polar surface area (TPSA) is 72.2 Å². The lowest BCUT2D eigenvalue weighted by Gasteiger charge is -2.35. The maximum absolute atomic E-state index is 10.9. The molecule has 3 aromatic rings. The minimum Gasteiger partial charge on any atom is -0.353 e. The molecular weight excluding hydrogens is 328 g/mol. The van der Waals surface area contributed by atoms with Gasteiger partial charge in [-0.25, -0.2) is 9.97 Å². The third-order valence-electron chi connectivity index (χ3n) is 4.99. The molecule has 1 aliphatic rings. The Bertz CT molecular complexity index is 956. The van der Waals surface area contributed by atoms with Crippen LogP contribution in [0.5, 0.6) is 0 Å². The van der Waals surface area contributed by atoms with Crippen molar-refractivity contribution in [2.45, 2.75) is 32.2 Å². The highest BCUT2D eigenvalue weighted by atomic mass is 16.6. The number of nitro groups is 1. The summed E-state index contributed by atoms with van der Waals surface area (Å²) in [6.07, 6.45) is 3.57. The first-order valence-corrected chi connectivity index (χ1v) is 8.92. The lowest BCUT2D eigenvalue weighted by Crippen LogP contribution is -2.38. The van der Waals surface area contributed by atoms with Crippen molar-refractivity contribution in [3.63, 3.8) is 0 Å². The van der Waals surface area contributed by atoms with Crippen molar-refractivity contribution in [3.05, 3.63) is 58.6 Å². The van der Waals surface area contributed by atoms with Gasteiger partial charge in [0.15, 0.2) is 5.82 Å². The molecule has 26 heavy (non-hydrogen) atoms. The summed E-state index contributed by atoms with van der Waals surface area (Å²) in [7, 11) is 0. The summed E-state index contributed by atoms with van der Waals surface area (Å²) in [5.74, 6) is 1.56. The van der Waals surface area contributed by atoms with Crippen LogP contribution in [0.2, 0.25) is 0 Å². The van der Waals surface area contributed by atoms with Crippen molar-refractivity contribution in [1.29, 1.82) is 0 Å². The number of fused-ring (bicyclic) bond motifs is 1.